The van der Waals surface area contributed by atoms with Crippen LogP contribution in [0.2, 0.25) is 0 Å². The number of aromatic nitrogens is 2. The molecule has 0 atom stereocenters. The van der Waals surface area contributed by atoms with E-state index in [-0.39, 0.29) is 12.5 Å². The zero-order valence-electron chi connectivity index (χ0n) is 19.5. The van der Waals surface area contributed by atoms with E-state index in [2.05, 4.69) is 34.3 Å². The summed E-state index contributed by atoms with van der Waals surface area (Å²) in [5, 5.41) is 2.81. The van der Waals surface area contributed by atoms with Gasteiger partial charge in [-0.15, -0.1) is 0 Å². The summed E-state index contributed by atoms with van der Waals surface area (Å²) < 4.78 is 2.40. The summed E-state index contributed by atoms with van der Waals surface area (Å²) in [6.45, 7) is 5.61. The summed E-state index contributed by atoms with van der Waals surface area (Å²) >= 11 is 0. The van der Waals surface area contributed by atoms with E-state index in [1.165, 1.54) is 22.4 Å². The van der Waals surface area contributed by atoms with Gasteiger partial charge in [-0.2, -0.15) is 0 Å². The van der Waals surface area contributed by atoms with Gasteiger partial charge in [0, 0.05) is 51.5 Å². The number of nitrogens with zero attached hydrogens (tertiary/aromatic N) is 4. The Labute approximate surface area is 199 Å². The van der Waals surface area contributed by atoms with Crippen LogP contribution in [-0.2, 0) is 31.0 Å². The molecule has 1 aromatic heterocycles. The minimum Gasteiger partial charge on any atom is -0.350 e. The third-order valence-electron chi connectivity index (χ3n) is 6.15. The van der Waals surface area contributed by atoms with Crippen molar-refractivity contribution in [2.24, 2.45) is 0 Å². The molecule has 0 bridgehead atoms. The standard InChI is InChI=1S/C26H31N5O3/c1-28-13-15-29(16-14-28)18-23-9-7-21(8-10-23)17-27-24(32)20-31-25(33)11-12-30(26(31)34)19-22-5-3-2-4-6-22/h2-12H,13-20H2,1H3,(H,27,32). The fourth-order valence-electron chi connectivity index (χ4n) is 4.03. The van der Waals surface area contributed by atoms with Gasteiger partial charge in [-0.1, -0.05) is 54.6 Å². The molecular weight excluding hydrogens is 430 g/mol. The van der Waals surface area contributed by atoms with E-state index in [0.29, 0.717) is 13.1 Å². The number of carbonyl (C=O) groups is 1. The fraction of sp³-hybridized carbons (Fsp3) is 0.346. The third-order valence-corrected chi connectivity index (χ3v) is 6.15. The molecule has 1 N–H and O–H groups in total. The van der Waals surface area contributed by atoms with Crippen LogP contribution in [0.15, 0.2) is 76.4 Å². The van der Waals surface area contributed by atoms with Crippen LogP contribution in [-0.4, -0.2) is 58.1 Å². The maximum Gasteiger partial charge on any atom is 0.331 e. The van der Waals surface area contributed by atoms with Gasteiger partial charge in [0.15, 0.2) is 0 Å². The van der Waals surface area contributed by atoms with Gasteiger partial charge >= 0.3 is 5.69 Å². The van der Waals surface area contributed by atoms with Crippen LogP contribution in [0.5, 0.6) is 0 Å². The van der Waals surface area contributed by atoms with E-state index in [4.69, 9.17) is 0 Å². The maximum atomic E-state index is 12.8. The number of piperazine rings is 1. The molecular formula is C26H31N5O3. The highest BCUT2D eigenvalue weighted by Gasteiger charge is 2.14. The Kier molecular flexibility index (Phi) is 7.72. The number of rotatable bonds is 8. The molecule has 0 saturated carbocycles. The fourth-order valence-corrected chi connectivity index (χ4v) is 4.03. The van der Waals surface area contributed by atoms with Crippen molar-refractivity contribution in [3.8, 4) is 0 Å². The number of amides is 1. The zero-order chi connectivity index (χ0) is 23.9. The van der Waals surface area contributed by atoms with Crippen molar-refractivity contribution in [2.45, 2.75) is 26.2 Å². The van der Waals surface area contributed by atoms with Crippen LogP contribution in [0.1, 0.15) is 16.7 Å². The van der Waals surface area contributed by atoms with Crippen LogP contribution < -0.4 is 16.6 Å². The molecule has 8 nitrogen and oxygen atoms in total. The number of carbonyl (C=O) groups excluding carboxylic acids is 1. The van der Waals surface area contributed by atoms with Gasteiger partial charge in [0.05, 0.1) is 6.54 Å². The minimum atomic E-state index is -0.500. The molecule has 4 rings (SSSR count). The Hall–Kier alpha value is -3.49. The zero-order valence-corrected chi connectivity index (χ0v) is 19.5. The molecule has 1 amide bonds. The van der Waals surface area contributed by atoms with Crippen molar-refractivity contribution in [1.29, 1.82) is 0 Å². The van der Waals surface area contributed by atoms with E-state index in [9.17, 15) is 14.4 Å². The van der Waals surface area contributed by atoms with E-state index in [1.54, 1.807) is 0 Å². The molecule has 0 unspecified atom stereocenters. The number of likely N-dealkylation sites (N-methyl/N-ethyl adjacent to an activating group) is 1. The molecule has 0 radical (unpaired) electrons. The highest BCUT2D eigenvalue weighted by Crippen LogP contribution is 2.10. The minimum absolute atomic E-state index is 0.311. The van der Waals surface area contributed by atoms with Gasteiger partial charge < -0.3 is 10.2 Å². The predicted molar refractivity (Wildman–Crippen MR) is 132 cm³/mol. The van der Waals surface area contributed by atoms with Crippen LogP contribution in [0.3, 0.4) is 0 Å². The monoisotopic (exact) mass is 461 g/mol. The van der Waals surface area contributed by atoms with Crippen LogP contribution in [0.4, 0.5) is 0 Å². The molecule has 34 heavy (non-hydrogen) atoms. The maximum absolute atomic E-state index is 12.8. The van der Waals surface area contributed by atoms with Crippen molar-refractivity contribution in [3.63, 3.8) is 0 Å². The summed E-state index contributed by atoms with van der Waals surface area (Å²) in [6, 6.07) is 19.0. The average Bonchev–Trinajstić information content (AvgIpc) is 2.85. The summed E-state index contributed by atoms with van der Waals surface area (Å²) in [6.07, 6.45) is 1.47. The second kappa shape index (κ2) is 11.1. The Morgan fingerprint density at radius 2 is 1.47 bits per heavy atom. The lowest BCUT2D eigenvalue weighted by Gasteiger charge is -2.32. The van der Waals surface area contributed by atoms with Crippen molar-refractivity contribution in [1.82, 2.24) is 24.3 Å². The number of hydrogen-bond acceptors (Lipinski definition) is 5. The highest BCUT2D eigenvalue weighted by molar-refractivity contribution is 5.75. The highest BCUT2D eigenvalue weighted by atomic mass is 16.2. The SMILES string of the molecule is CN1CCN(Cc2ccc(CNC(=O)Cn3c(=O)ccn(Cc4ccccc4)c3=O)cc2)CC1. The predicted octanol–water partition coefficient (Wildman–Crippen LogP) is 1.12. The third kappa shape index (κ3) is 6.30. The van der Waals surface area contributed by atoms with E-state index in [1.807, 2.05) is 42.5 Å². The second-order valence-corrected chi connectivity index (χ2v) is 8.81. The first-order chi connectivity index (χ1) is 16.5. The van der Waals surface area contributed by atoms with Crippen molar-refractivity contribution in [3.05, 3.63) is 104 Å². The van der Waals surface area contributed by atoms with Gasteiger partial charge in [0.2, 0.25) is 5.91 Å². The number of hydrogen-bond donors (Lipinski definition) is 1. The first-order valence-electron chi connectivity index (χ1n) is 11.6. The Morgan fingerprint density at radius 1 is 0.824 bits per heavy atom. The largest absolute Gasteiger partial charge is 0.350 e. The lowest BCUT2D eigenvalue weighted by Crippen LogP contribution is -2.43. The quantitative estimate of drug-likeness (QED) is 0.544. The van der Waals surface area contributed by atoms with Gasteiger partial charge in [-0.25, -0.2) is 4.79 Å². The number of benzene rings is 2. The molecule has 0 aliphatic carbocycles. The Bertz CT molecular complexity index is 1210. The average molecular weight is 462 g/mol. The Balaban J connectivity index is 1.32. The van der Waals surface area contributed by atoms with Crippen LogP contribution in [0.25, 0.3) is 0 Å². The molecule has 1 saturated heterocycles. The lowest BCUT2D eigenvalue weighted by atomic mass is 10.1. The first kappa shape index (κ1) is 23.7. The molecule has 2 heterocycles. The van der Waals surface area contributed by atoms with Crippen LogP contribution in [0, 0.1) is 0 Å². The lowest BCUT2D eigenvalue weighted by molar-refractivity contribution is -0.121. The van der Waals surface area contributed by atoms with Gasteiger partial charge in [0.25, 0.3) is 5.56 Å². The molecule has 1 aliphatic heterocycles. The molecule has 0 spiro atoms. The molecule has 3 aromatic rings. The normalized spacial score (nSPS) is 14.7. The topological polar surface area (TPSA) is 79.6 Å². The molecule has 8 heteroatoms. The molecule has 2 aromatic carbocycles. The van der Waals surface area contributed by atoms with E-state index >= 15 is 0 Å². The van der Waals surface area contributed by atoms with Gasteiger partial charge in [0.1, 0.15) is 6.54 Å². The smallest absolute Gasteiger partial charge is 0.331 e. The molecule has 1 aliphatic rings. The van der Waals surface area contributed by atoms with Gasteiger partial charge in [-0.3, -0.25) is 23.6 Å². The Morgan fingerprint density at radius 3 is 2.18 bits per heavy atom. The van der Waals surface area contributed by atoms with E-state index < -0.39 is 11.2 Å². The summed E-state index contributed by atoms with van der Waals surface area (Å²) in [5.74, 6) is -0.377. The summed E-state index contributed by atoms with van der Waals surface area (Å²) in [7, 11) is 2.15. The first-order valence-corrected chi connectivity index (χ1v) is 11.6. The molecule has 178 valence electrons. The number of nitrogens with one attached hydrogen (secondary N) is 1. The molecule has 1 fully saturated rings. The van der Waals surface area contributed by atoms with Crippen molar-refractivity contribution in [2.75, 3.05) is 33.2 Å². The van der Waals surface area contributed by atoms with Gasteiger partial charge in [-0.05, 0) is 23.7 Å². The van der Waals surface area contributed by atoms with Crippen molar-refractivity contribution < 1.29 is 4.79 Å². The second-order valence-electron chi connectivity index (χ2n) is 8.81. The van der Waals surface area contributed by atoms with E-state index in [0.717, 1.165) is 48.4 Å². The van der Waals surface area contributed by atoms with Crippen LogP contribution >= 0.6 is 0 Å². The summed E-state index contributed by atoms with van der Waals surface area (Å²) in [4.78, 5) is 42.3. The van der Waals surface area contributed by atoms with Crippen molar-refractivity contribution >= 4 is 5.91 Å². The summed E-state index contributed by atoms with van der Waals surface area (Å²) in [5.41, 5.74) is 2.17.